The third-order valence-corrected chi connectivity index (χ3v) is 8.29. The molecule has 0 bridgehead atoms. The molecule has 142 valence electrons. The van der Waals surface area contributed by atoms with E-state index in [4.69, 9.17) is 5.26 Å². The van der Waals surface area contributed by atoms with Gasteiger partial charge in [-0.05, 0) is 93.3 Å². The van der Waals surface area contributed by atoms with Crippen LogP contribution in [0.25, 0.3) is 0 Å². The third-order valence-electron chi connectivity index (χ3n) is 8.29. The summed E-state index contributed by atoms with van der Waals surface area (Å²) in [5, 5.41) is 8.78. The lowest BCUT2D eigenvalue weighted by Crippen LogP contribution is -2.29. The molecule has 0 aromatic carbocycles. The summed E-state index contributed by atoms with van der Waals surface area (Å²) in [7, 11) is 0. The molecule has 1 heteroatoms. The van der Waals surface area contributed by atoms with E-state index < -0.39 is 0 Å². The highest BCUT2D eigenvalue weighted by molar-refractivity contribution is 4.86. The first-order valence-corrected chi connectivity index (χ1v) is 11.7. The molecular weight excluding hydrogens is 302 g/mol. The molecule has 0 N–H and O–H groups in total. The van der Waals surface area contributed by atoms with Crippen molar-refractivity contribution >= 4 is 0 Å². The highest BCUT2D eigenvalue weighted by Crippen LogP contribution is 2.46. The van der Waals surface area contributed by atoms with Gasteiger partial charge in [0.25, 0.3) is 0 Å². The van der Waals surface area contributed by atoms with E-state index in [1.807, 2.05) is 0 Å². The number of nitrogens with zero attached hydrogens (tertiary/aromatic N) is 1. The van der Waals surface area contributed by atoms with Gasteiger partial charge in [-0.25, -0.2) is 0 Å². The van der Waals surface area contributed by atoms with Crippen LogP contribution < -0.4 is 0 Å². The first kappa shape index (κ1) is 19.3. The molecule has 3 aliphatic carbocycles. The van der Waals surface area contributed by atoms with Crippen molar-refractivity contribution in [3.8, 4) is 6.07 Å². The van der Waals surface area contributed by atoms with Crippen LogP contribution in [0.3, 0.4) is 0 Å². The van der Waals surface area contributed by atoms with Crippen LogP contribution in [0.1, 0.15) is 110 Å². The molecule has 25 heavy (non-hydrogen) atoms. The second-order valence-corrected chi connectivity index (χ2v) is 9.72. The van der Waals surface area contributed by atoms with Gasteiger partial charge in [-0.2, -0.15) is 5.26 Å². The number of hydrogen-bond acceptors (Lipinski definition) is 1. The Morgan fingerprint density at radius 2 is 0.960 bits per heavy atom. The van der Waals surface area contributed by atoms with Gasteiger partial charge < -0.3 is 0 Å². The summed E-state index contributed by atoms with van der Waals surface area (Å²) < 4.78 is 0. The fraction of sp³-hybridized carbons (Fsp3) is 0.958. The van der Waals surface area contributed by atoms with Gasteiger partial charge in [0.05, 0.1) is 6.07 Å². The highest BCUT2D eigenvalue weighted by Gasteiger charge is 2.34. The molecule has 0 radical (unpaired) electrons. The molecule has 0 aliphatic heterocycles. The normalized spacial score (nSPS) is 39.7. The summed E-state index contributed by atoms with van der Waals surface area (Å²) in [5.41, 5.74) is 0. The Labute approximate surface area is 157 Å². The minimum absolute atomic E-state index is 0.779. The highest BCUT2D eigenvalue weighted by atomic mass is 14.4. The SMILES string of the molecule is CCCC1CCC(C2CCC(C3CCC(CCC#N)CC3)CC2)CC1. The van der Waals surface area contributed by atoms with E-state index in [0.29, 0.717) is 0 Å². The summed E-state index contributed by atoms with van der Waals surface area (Å²) in [6.45, 7) is 2.35. The second kappa shape index (κ2) is 9.99. The number of rotatable bonds is 6. The Kier molecular flexibility index (Phi) is 7.69. The van der Waals surface area contributed by atoms with Crippen LogP contribution >= 0.6 is 0 Å². The summed E-state index contributed by atoms with van der Waals surface area (Å²) in [6, 6.07) is 2.34. The molecule has 3 aliphatic rings. The van der Waals surface area contributed by atoms with Gasteiger partial charge in [-0.1, -0.05) is 45.4 Å². The molecule has 0 spiro atoms. The van der Waals surface area contributed by atoms with Crippen molar-refractivity contribution in [1.82, 2.24) is 0 Å². The van der Waals surface area contributed by atoms with Gasteiger partial charge >= 0.3 is 0 Å². The van der Waals surface area contributed by atoms with Crippen molar-refractivity contribution in [2.75, 3.05) is 0 Å². The average molecular weight is 344 g/mol. The Balaban J connectivity index is 1.35. The van der Waals surface area contributed by atoms with Crippen molar-refractivity contribution in [2.45, 2.75) is 110 Å². The molecule has 3 saturated carbocycles. The fourth-order valence-electron chi connectivity index (χ4n) is 6.66. The van der Waals surface area contributed by atoms with E-state index in [2.05, 4.69) is 13.0 Å². The van der Waals surface area contributed by atoms with Crippen molar-refractivity contribution in [3.63, 3.8) is 0 Å². The van der Waals surface area contributed by atoms with Gasteiger partial charge in [-0.15, -0.1) is 0 Å². The molecular formula is C24H41N. The molecule has 3 fully saturated rings. The number of hydrogen-bond donors (Lipinski definition) is 0. The second-order valence-electron chi connectivity index (χ2n) is 9.72. The standard InChI is InChI=1S/C24H41N/c1-2-4-19-6-10-21(11-7-19)23-14-16-24(17-15-23)22-12-8-20(9-13-22)5-3-18-25/h19-24H,2-17H2,1H3. The molecule has 1 nitrogen and oxygen atoms in total. The maximum atomic E-state index is 8.78. The Bertz CT molecular complexity index is 398. The van der Waals surface area contributed by atoms with Crippen LogP contribution in [-0.4, -0.2) is 0 Å². The average Bonchev–Trinajstić information content (AvgIpc) is 2.68. The van der Waals surface area contributed by atoms with Crippen LogP contribution in [-0.2, 0) is 0 Å². The number of nitriles is 1. The van der Waals surface area contributed by atoms with Gasteiger partial charge in [-0.3, -0.25) is 0 Å². The van der Waals surface area contributed by atoms with Crippen LogP contribution in [0, 0.1) is 46.8 Å². The first-order valence-electron chi connectivity index (χ1n) is 11.7. The molecule has 0 atom stereocenters. The summed E-state index contributed by atoms with van der Waals surface area (Å²) in [6.07, 6.45) is 22.9. The third kappa shape index (κ3) is 5.48. The minimum Gasteiger partial charge on any atom is -0.198 e. The van der Waals surface area contributed by atoms with Crippen LogP contribution in [0.4, 0.5) is 0 Å². The topological polar surface area (TPSA) is 23.8 Å². The van der Waals surface area contributed by atoms with E-state index in [0.717, 1.165) is 48.3 Å². The Morgan fingerprint density at radius 3 is 1.32 bits per heavy atom. The molecule has 0 heterocycles. The molecule has 0 aromatic rings. The van der Waals surface area contributed by atoms with Crippen LogP contribution in [0.5, 0.6) is 0 Å². The van der Waals surface area contributed by atoms with Gasteiger partial charge in [0.15, 0.2) is 0 Å². The smallest absolute Gasteiger partial charge is 0.0621 e. The monoisotopic (exact) mass is 343 g/mol. The van der Waals surface area contributed by atoms with Gasteiger partial charge in [0.1, 0.15) is 0 Å². The largest absolute Gasteiger partial charge is 0.198 e. The maximum absolute atomic E-state index is 8.78. The zero-order valence-corrected chi connectivity index (χ0v) is 16.7. The lowest BCUT2D eigenvalue weighted by Gasteiger charge is -2.41. The quantitative estimate of drug-likeness (QED) is 0.489. The zero-order chi connectivity index (χ0) is 17.5. The predicted molar refractivity (Wildman–Crippen MR) is 106 cm³/mol. The molecule has 0 saturated heterocycles. The molecule has 3 rings (SSSR count). The van der Waals surface area contributed by atoms with Crippen LogP contribution in [0.15, 0.2) is 0 Å². The lowest BCUT2D eigenvalue weighted by molar-refractivity contribution is 0.103. The van der Waals surface area contributed by atoms with E-state index in [-0.39, 0.29) is 0 Å². The van der Waals surface area contributed by atoms with E-state index in [1.54, 1.807) is 25.7 Å². The van der Waals surface area contributed by atoms with Gasteiger partial charge in [0, 0.05) is 6.42 Å². The summed E-state index contributed by atoms with van der Waals surface area (Å²) in [5.74, 6) is 6.16. The molecule has 0 unspecified atom stereocenters. The zero-order valence-electron chi connectivity index (χ0n) is 16.7. The predicted octanol–water partition coefficient (Wildman–Crippen LogP) is 7.51. The first-order chi connectivity index (χ1) is 12.3. The van der Waals surface area contributed by atoms with E-state index in [1.165, 1.54) is 64.2 Å². The maximum Gasteiger partial charge on any atom is 0.0621 e. The van der Waals surface area contributed by atoms with Crippen molar-refractivity contribution in [3.05, 3.63) is 0 Å². The Morgan fingerprint density at radius 1 is 0.600 bits per heavy atom. The summed E-state index contributed by atoms with van der Waals surface area (Å²) in [4.78, 5) is 0. The van der Waals surface area contributed by atoms with E-state index in [9.17, 15) is 0 Å². The van der Waals surface area contributed by atoms with Gasteiger partial charge in [0.2, 0.25) is 0 Å². The van der Waals surface area contributed by atoms with Crippen molar-refractivity contribution < 1.29 is 0 Å². The van der Waals surface area contributed by atoms with Crippen molar-refractivity contribution in [2.24, 2.45) is 35.5 Å². The Hall–Kier alpha value is -0.510. The molecule has 0 aromatic heterocycles. The minimum atomic E-state index is 0.779. The summed E-state index contributed by atoms with van der Waals surface area (Å²) >= 11 is 0. The lowest BCUT2D eigenvalue weighted by atomic mass is 9.64. The molecule has 0 amide bonds. The van der Waals surface area contributed by atoms with Crippen LogP contribution in [0.2, 0.25) is 0 Å². The van der Waals surface area contributed by atoms with E-state index >= 15 is 0 Å². The van der Waals surface area contributed by atoms with Crippen molar-refractivity contribution in [1.29, 1.82) is 5.26 Å². The fourth-order valence-corrected chi connectivity index (χ4v) is 6.66.